The first kappa shape index (κ1) is 13.7. The number of rotatable bonds is 4. The topological polar surface area (TPSA) is 49.8 Å². The lowest BCUT2D eigenvalue weighted by Gasteiger charge is -2.36. The number of benzene rings is 1. The van der Waals surface area contributed by atoms with Crippen molar-refractivity contribution in [2.75, 3.05) is 13.1 Å². The Balaban J connectivity index is 2.13. The van der Waals surface area contributed by atoms with E-state index in [0.29, 0.717) is 18.7 Å². The lowest BCUT2D eigenvalue weighted by Crippen LogP contribution is -2.43. The second kappa shape index (κ2) is 5.08. The van der Waals surface area contributed by atoms with Crippen LogP contribution in [0.4, 0.5) is 13.2 Å². The summed E-state index contributed by atoms with van der Waals surface area (Å²) in [5.74, 6) is -1.37. The first-order chi connectivity index (χ1) is 8.87. The van der Waals surface area contributed by atoms with Gasteiger partial charge in [-0.3, -0.25) is 9.69 Å². The molecule has 1 aliphatic rings. The van der Waals surface area contributed by atoms with Gasteiger partial charge in [-0.15, -0.1) is 13.2 Å². The molecule has 0 aromatic heterocycles. The van der Waals surface area contributed by atoms with E-state index >= 15 is 0 Å². The molecule has 0 bridgehead atoms. The van der Waals surface area contributed by atoms with E-state index in [0.717, 1.165) is 18.6 Å². The Morgan fingerprint density at radius 3 is 2.21 bits per heavy atom. The molecule has 1 unspecified atom stereocenters. The summed E-state index contributed by atoms with van der Waals surface area (Å²) in [7, 11) is 0. The maximum atomic E-state index is 12.0. The smallest absolute Gasteiger partial charge is 0.480 e. The number of carboxylic acid groups (broad SMARTS) is 1. The third-order valence-electron chi connectivity index (χ3n) is 2.92. The quantitative estimate of drug-likeness (QED) is 0.916. The predicted molar refractivity (Wildman–Crippen MR) is 59.7 cm³/mol. The van der Waals surface area contributed by atoms with Crippen molar-refractivity contribution in [2.24, 2.45) is 0 Å². The van der Waals surface area contributed by atoms with Gasteiger partial charge in [0.2, 0.25) is 0 Å². The number of hydrogen-bond acceptors (Lipinski definition) is 3. The highest BCUT2D eigenvalue weighted by atomic mass is 19.4. The molecule has 1 saturated heterocycles. The second-order valence-electron chi connectivity index (χ2n) is 4.25. The molecule has 4 nitrogen and oxygen atoms in total. The van der Waals surface area contributed by atoms with Gasteiger partial charge >= 0.3 is 12.3 Å². The molecule has 0 spiro atoms. The van der Waals surface area contributed by atoms with Crippen molar-refractivity contribution in [2.45, 2.75) is 18.8 Å². The van der Waals surface area contributed by atoms with E-state index in [2.05, 4.69) is 4.74 Å². The molecule has 0 aliphatic carbocycles. The molecular weight excluding hydrogens is 263 g/mol. The summed E-state index contributed by atoms with van der Waals surface area (Å²) >= 11 is 0. The van der Waals surface area contributed by atoms with Crippen LogP contribution in [0.25, 0.3) is 0 Å². The van der Waals surface area contributed by atoms with E-state index in [-0.39, 0.29) is 5.75 Å². The van der Waals surface area contributed by atoms with E-state index in [1.807, 2.05) is 0 Å². The van der Waals surface area contributed by atoms with Gasteiger partial charge in [0.25, 0.3) is 0 Å². The van der Waals surface area contributed by atoms with Crippen molar-refractivity contribution in [1.29, 1.82) is 0 Å². The molecule has 1 heterocycles. The van der Waals surface area contributed by atoms with Gasteiger partial charge < -0.3 is 9.84 Å². The normalized spacial score (nSPS) is 17.6. The minimum absolute atomic E-state index is 0.357. The van der Waals surface area contributed by atoms with E-state index in [1.165, 1.54) is 12.1 Å². The summed E-state index contributed by atoms with van der Waals surface area (Å²) in [5.41, 5.74) is 0.446. The van der Waals surface area contributed by atoms with Gasteiger partial charge in [-0.2, -0.15) is 0 Å². The van der Waals surface area contributed by atoms with Gasteiger partial charge in [-0.25, -0.2) is 0 Å². The minimum atomic E-state index is -4.74. The van der Waals surface area contributed by atoms with Crippen LogP contribution in [-0.2, 0) is 4.79 Å². The number of halogens is 3. The second-order valence-corrected chi connectivity index (χ2v) is 4.25. The highest BCUT2D eigenvalue weighted by molar-refractivity contribution is 5.75. The van der Waals surface area contributed by atoms with Crippen LogP contribution in [-0.4, -0.2) is 35.4 Å². The van der Waals surface area contributed by atoms with Crippen molar-refractivity contribution in [3.05, 3.63) is 29.8 Å². The van der Waals surface area contributed by atoms with Gasteiger partial charge in [0.15, 0.2) is 0 Å². The Labute approximate surface area is 107 Å². The first-order valence-electron chi connectivity index (χ1n) is 5.69. The Bertz CT molecular complexity index is 454. The van der Waals surface area contributed by atoms with Crippen molar-refractivity contribution in [1.82, 2.24) is 4.90 Å². The van der Waals surface area contributed by atoms with Crippen molar-refractivity contribution in [3.8, 4) is 5.75 Å². The average Bonchev–Trinajstić information content (AvgIpc) is 2.22. The predicted octanol–water partition coefficient (Wildman–Crippen LogP) is 2.42. The van der Waals surface area contributed by atoms with Gasteiger partial charge in [-0.1, -0.05) is 12.1 Å². The average molecular weight is 275 g/mol. The van der Waals surface area contributed by atoms with Crippen LogP contribution in [0.3, 0.4) is 0 Å². The van der Waals surface area contributed by atoms with E-state index in [1.54, 1.807) is 4.90 Å². The monoisotopic (exact) mass is 275 g/mol. The lowest BCUT2D eigenvalue weighted by molar-refractivity contribution is -0.274. The zero-order valence-electron chi connectivity index (χ0n) is 9.85. The van der Waals surface area contributed by atoms with Crippen LogP contribution in [0.2, 0.25) is 0 Å². The summed E-state index contributed by atoms with van der Waals surface area (Å²) in [6.07, 6.45) is -3.82. The molecule has 1 aromatic rings. The summed E-state index contributed by atoms with van der Waals surface area (Å²) in [6, 6.07) is 4.13. The Kier molecular flexibility index (Phi) is 3.66. The maximum absolute atomic E-state index is 12.0. The Morgan fingerprint density at radius 2 is 1.84 bits per heavy atom. The molecule has 0 saturated carbocycles. The minimum Gasteiger partial charge on any atom is -0.480 e. The molecule has 2 rings (SSSR count). The largest absolute Gasteiger partial charge is 0.573 e. The molecule has 1 atom stereocenters. The van der Waals surface area contributed by atoms with Gasteiger partial charge in [0.1, 0.15) is 11.8 Å². The lowest BCUT2D eigenvalue weighted by atomic mass is 10.0. The zero-order chi connectivity index (χ0) is 14.0. The molecule has 0 radical (unpaired) electrons. The summed E-state index contributed by atoms with van der Waals surface area (Å²) in [5, 5.41) is 9.16. The van der Waals surface area contributed by atoms with Crippen molar-refractivity contribution < 1.29 is 27.8 Å². The molecule has 1 N–H and O–H groups in total. The third-order valence-corrected chi connectivity index (χ3v) is 2.92. The van der Waals surface area contributed by atoms with Crippen LogP contribution in [0.15, 0.2) is 24.3 Å². The fraction of sp³-hybridized carbons (Fsp3) is 0.417. The molecule has 7 heteroatoms. The Hall–Kier alpha value is -1.76. The number of ether oxygens (including phenoxy) is 1. The molecule has 1 fully saturated rings. The molecule has 0 amide bonds. The van der Waals surface area contributed by atoms with Crippen LogP contribution < -0.4 is 4.74 Å². The van der Waals surface area contributed by atoms with Gasteiger partial charge in [0, 0.05) is 13.1 Å². The number of nitrogens with zero attached hydrogens (tertiary/aromatic N) is 1. The molecule has 1 aromatic carbocycles. The van der Waals surface area contributed by atoms with Crippen LogP contribution in [0.1, 0.15) is 18.0 Å². The number of likely N-dealkylation sites (tertiary alicyclic amines) is 1. The van der Waals surface area contributed by atoms with Gasteiger partial charge in [-0.05, 0) is 24.1 Å². The molecule has 19 heavy (non-hydrogen) atoms. The SMILES string of the molecule is O=C(O)C(c1ccc(OC(F)(F)F)cc1)N1CCC1. The highest BCUT2D eigenvalue weighted by Gasteiger charge is 2.33. The van der Waals surface area contributed by atoms with Crippen molar-refractivity contribution in [3.63, 3.8) is 0 Å². The van der Waals surface area contributed by atoms with Crippen LogP contribution >= 0.6 is 0 Å². The fourth-order valence-corrected chi connectivity index (χ4v) is 1.96. The van der Waals surface area contributed by atoms with E-state index in [4.69, 9.17) is 5.11 Å². The Morgan fingerprint density at radius 1 is 1.26 bits per heavy atom. The third kappa shape index (κ3) is 3.37. The van der Waals surface area contributed by atoms with Crippen molar-refractivity contribution >= 4 is 5.97 Å². The van der Waals surface area contributed by atoms with E-state index < -0.39 is 18.4 Å². The molecular formula is C12H12F3NO3. The standard InChI is InChI=1S/C12H12F3NO3/c13-12(14,15)19-9-4-2-8(3-5-9)10(11(17)18)16-6-1-7-16/h2-5,10H,1,6-7H2,(H,17,18). The fourth-order valence-electron chi connectivity index (χ4n) is 1.96. The molecule has 104 valence electrons. The number of carbonyl (C=O) groups is 1. The highest BCUT2D eigenvalue weighted by Crippen LogP contribution is 2.29. The van der Waals surface area contributed by atoms with Crippen LogP contribution in [0, 0.1) is 0 Å². The number of aliphatic carboxylic acids is 1. The summed E-state index contributed by atoms with van der Waals surface area (Å²) in [4.78, 5) is 12.9. The summed E-state index contributed by atoms with van der Waals surface area (Å²) < 4.78 is 39.7. The van der Waals surface area contributed by atoms with E-state index in [9.17, 15) is 18.0 Å². The van der Waals surface area contributed by atoms with Crippen LogP contribution in [0.5, 0.6) is 5.75 Å². The first-order valence-corrected chi connectivity index (χ1v) is 5.69. The number of hydrogen-bond donors (Lipinski definition) is 1. The molecule has 1 aliphatic heterocycles. The number of alkyl halides is 3. The zero-order valence-corrected chi connectivity index (χ0v) is 9.85. The van der Waals surface area contributed by atoms with Gasteiger partial charge in [0.05, 0.1) is 0 Å². The maximum Gasteiger partial charge on any atom is 0.573 e. The summed E-state index contributed by atoms with van der Waals surface area (Å²) in [6.45, 7) is 1.36. The number of carboxylic acids is 1.